The number of rotatable bonds is 5. The van der Waals surface area contributed by atoms with Crippen molar-refractivity contribution in [3.05, 3.63) is 23.3 Å². The van der Waals surface area contributed by atoms with Gasteiger partial charge in [0.25, 0.3) is 0 Å². The van der Waals surface area contributed by atoms with Gasteiger partial charge in [0.05, 0.1) is 11.5 Å². The summed E-state index contributed by atoms with van der Waals surface area (Å²) in [5.41, 5.74) is 8.00. The Morgan fingerprint density at radius 3 is 2.39 bits per heavy atom. The zero-order chi connectivity index (χ0) is 13.9. The zero-order valence-corrected chi connectivity index (χ0v) is 11.8. The van der Waals surface area contributed by atoms with Crippen molar-refractivity contribution in [3.63, 3.8) is 0 Å². The Kier molecular flexibility index (Phi) is 4.72. The van der Waals surface area contributed by atoms with E-state index in [1.807, 2.05) is 13.8 Å². The number of aliphatic hydroxyl groups excluding tert-OH is 1. The van der Waals surface area contributed by atoms with E-state index in [1.165, 1.54) is 10.4 Å². The number of aryl methyl sites for hydroxylation is 1. The highest BCUT2D eigenvalue weighted by Gasteiger charge is 2.23. The van der Waals surface area contributed by atoms with E-state index in [4.69, 9.17) is 10.8 Å². The third kappa shape index (κ3) is 2.82. The maximum absolute atomic E-state index is 12.3. The minimum absolute atomic E-state index is 0.0890. The van der Waals surface area contributed by atoms with Gasteiger partial charge in [-0.15, -0.1) is 0 Å². The van der Waals surface area contributed by atoms with Crippen LogP contribution in [0.4, 0.5) is 5.69 Å². The quantitative estimate of drug-likeness (QED) is 0.780. The average Bonchev–Trinajstić information content (AvgIpc) is 2.31. The molecule has 1 aromatic rings. The van der Waals surface area contributed by atoms with Gasteiger partial charge in [-0.05, 0) is 37.1 Å². The van der Waals surface area contributed by atoms with Crippen molar-refractivity contribution in [2.75, 3.05) is 25.4 Å². The lowest BCUT2D eigenvalue weighted by atomic mass is 10.1. The number of likely N-dealkylation sites (N-methyl/N-ethyl adjacent to an activating group) is 1. The Balaban J connectivity index is 3.28. The third-order valence-corrected chi connectivity index (χ3v) is 4.97. The van der Waals surface area contributed by atoms with E-state index in [0.29, 0.717) is 12.2 Å². The van der Waals surface area contributed by atoms with Crippen LogP contribution in [-0.2, 0) is 10.0 Å². The summed E-state index contributed by atoms with van der Waals surface area (Å²) in [6, 6.07) is 3.08. The smallest absolute Gasteiger partial charge is 0.243 e. The Morgan fingerprint density at radius 2 is 1.94 bits per heavy atom. The summed E-state index contributed by atoms with van der Waals surface area (Å²) in [4.78, 5) is 0.179. The molecule has 0 amide bonds. The number of hydrogen-bond donors (Lipinski definition) is 2. The predicted molar refractivity (Wildman–Crippen MR) is 71.8 cm³/mol. The summed E-state index contributed by atoms with van der Waals surface area (Å²) < 4.78 is 25.9. The van der Waals surface area contributed by atoms with Crippen LogP contribution in [0.2, 0.25) is 0 Å². The van der Waals surface area contributed by atoms with Gasteiger partial charge in [0.1, 0.15) is 0 Å². The molecule has 1 rings (SSSR count). The van der Waals surface area contributed by atoms with Crippen molar-refractivity contribution in [1.29, 1.82) is 0 Å². The molecule has 0 spiro atoms. The van der Waals surface area contributed by atoms with Gasteiger partial charge in [0.2, 0.25) is 10.0 Å². The second-order valence-corrected chi connectivity index (χ2v) is 6.11. The summed E-state index contributed by atoms with van der Waals surface area (Å²) in [6.07, 6.45) is 0. The minimum Gasteiger partial charge on any atom is -0.398 e. The van der Waals surface area contributed by atoms with E-state index in [9.17, 15) is 8.42 Å². The fourth-order valence-electron chi connectivity index (χ4n) is 1.71. The van der Waals surface area contributed by atoms with E-state index in [1.54, 1.807) is 13.0 Å². The van der Waals surface area contributed by atoms with Gasteiger partial charge in [0, 0.05) is 18.8 Å². The maximum atomic E-state index is 12.3. The van der Waals surface area contributed by atoms with Crippen molar-refractivity contribution in [3.8, 4) is 0 Å². The molecule has 0 aliphatic heterocycles. The Morgan fingerprint density at radius 1 is 1.33 bits per heavy atom. The number of nitrogens with two attached hydrogens (primary N) is 1. The Labute approximate surface area is 108 Å². The Hall–Kier alpha value is -1.11. The number of nitrogens with zero attached hydrogens (tertiary/aromatic N) is 1. The number of hydrogen-bond acceptors (Lipinski definition) is 4. The molecule has 3 N–H and O–H groups in total. The fraction of sp³-hybridized carbons (Fsp3) is 0.500. The molecule has 0 aromatic heterocycles. The molecule has 0 heterocycles. The molecular weight excluding hydrogens is 252 g/mol. The van der Waals surface area contributed by atoms with Gasteiger partial charge >= 0.3 is 0 Å². The number of nitrogen functional groups attached to an aromatic ring is 1. The van der Waals surface area contributed by atoms with Crippen molar-refractivity contribution in [2.45, 2.75) is 25.7 Å². The molecule has 102 valence electrons. The van der Waals surface area contributed by atoms with E-state index in [-0.39, 0.29) is 18.0 Å². The molecule has 0 aliphatic carbocycles. The van der Waals surface area contributed by atoms with E-state index in [2.05, 4.69) is 0 Å². The van der Waals surface area contributed by atoms with Crippen LogP contribution in [0.5, 0.6) is 0 Å². The first-order chi connectivity index (χ1) is 8.34. The molecule has 6 heteroatoms. The van der Waals surface area contributed by atoms with E-state index < -0.39 is 10.0 Å². The van der Waals surface area contributed by atoms with Gasteiger partial charge in [-0.2, -0.15) is 4.31 Å². The first-order valence-electron chi connectivity index (χ1n) is 5.82. The molecule has 1 aromatic carbocycles. The molecule has 0 aliphatic rings. The van der Waals surface area contributed by atoms with Crippen LogP contribution in [0.3, 0.4) is 0 Å². The largest absolute Gasteiger partial charge is 0.398 e. The van der Waals surface area contributed by atoms with Crippen molar-refractivity contribution < 1.29 is 13.5 Å². The van der Waals surface area contributed by atoms with Gasteiger partial charge in [0.15, 0.2) is 0 Å². The first kappa shape index (κ1) is 14.9. The standard InChI is InChI=1S/C12H20N2O3S/c1-4-14(5-6-15)18(16,17)11-7-9(2)10(3)12(13)8-11/h7-8,15H,4-6,13H2,1-3H3. The molecule has 18 heavy (non-hydrogen) atoms. The van der Waals surface area contributed by atoms with Crippen LogP contribution in [-0.4, -0.2) is 37.5 Å². The van der Waals surface area contributed by atoms with Crippen LogP contribution >= 0.6 is 0 Å². The van der Waals surface area contributed by atoms with Gasteiger partial charge < -0.3 is 10.8 Å². The molecule has 0 saturated carbocycles. The lowest BCUT2D eigenvalue weighted by Crippen LogP contribution is -2.33. The van der Waals surface area contributed by atoms with Gasteiger partial charge in [-0.1, -0.05) is 6.92 Å². The van der Waals surface area contributed by atoms with Crippen LogP contribution in [0.1, 0.15) is 18.1 Å². The van der Waals surface area contributed by atoms with Crippen LogP contribution in [0.15, 0.2) is 17.0 Å². The van der Waals surface area contributed by atoms with Gasteiger partial charge in [-0.25, -0.2) is 8.42 Å². The topological polar surface area (TPSA) is 83.6 Å². The number of aliphatic hydroxyl groups is 1. The normalized spacial score (nSPS) is 12.1. The molecule has 0 fully saturated rings. The third-order valence-electron chi connectivity index (χ3n) is 3.02. The van der Waals surface area contributed by atoms with Crippen molar-refractivity contribution in [1.82, 2.24) is 4.31 Å². The predicted octanol–water partition coefficient (Wildman–Crippen LogP) is 0.889. The molecule has 0 atom stereocenters. The zero-order valence-electron chi connectivity index (χ0n) is 11.0. The highest BCUT2D eigenvalue weighted by molar-refractivity contribution is 7.89. The number of benzene rings is 1. The van der Waals surface area contributed by atoms with Crippen LogP contribution in [0.25, 0.3) is 0 Å². The van der Waals surface area contributed by atoms with Gasteiger partial charge in [-0.3, -0.25) is 0 Å². The molecule has 5 nitrogen and oxygen atoms in total. The minimum atomic E-state index is -3.58. The number of sulfonamides is 1. The maximum Gasteiger partial charge on any atom is 0.243 e. The summed E-state index contributed by atoms with van der Waals surface area (Å²) >= 11 is 0. The number of anilines is 1. The molecule has 0 unspecified atom stereocenters. The fourth-order valence-corrected chi connectivity index (χ4v) is 3.27. The summed E-state index contributed by atoms with van der Waals surface area (Å²) in [5.74, 6) is 0. The first-order valence-corrected chi connectivity index (χ1v) is 7.26. The van der Waals surface area contributed by atoms with E-state index >= 15 is 0 Å². The second-order valence-electron chi connectivity index (χ2n) is 4.17. The highest BCUT2D eigenvalue weighted by Crippen LogP contribution is 2.23. The van der Waals surface area contributed by atoms with Crippen molar-refractivity contribution >= 4 is 15.7 Å². The monoisotopic (exact) mass is 272 g/mol. The lowest BCUT2D eigenvalue weighted by Gasteiger charge is -2.20. The highest BCUT2D eigenvalue weighted by atomic mass is 32.2. The summed E-state index contributed by atoms with van der Waals surface area (Å²) in [5, 5.41) is 8.90. The van der Waals surface area contributed by atoms with E-state index in [0.717, 1.165) is 11.1 Å². The molecule has 0 saturated heterocycles. The average molecular weight is 272 g/mol. The second kappa shape index (κ2) is 5.69. The van der Waals surface area contributed by atoms with Crippen LogP contribution in [0, 0.1) is 13.8 Å². The SMILES string of the molecule is CCN(CCO)S(=O)(=O)c1cc(C)c(C)c(N)c1. The van der Waals surface area contributed by atoms with Crippen molar-refractivity contribution in [2.24, 2.45) is 0 Å². The lowest BCUT2D eigenvalue weighted by molar-refractivity contribution is 0.257. The molecule has 0 radical (unpaired) electrons. The summed E-state index contributed by atoms with van der Waals surface area (Å²) in [7, 11) is -3.58. The van der Waals surface area contributed by atoms with Crippen LogP contribution < -0.4 is 5.73 Å². The molecular formula is C12H20N2O3S. The summed E-state index contributed by atoms with van der Waals surface area (Å²) in [6.45, 7) is 5.62. The Bertz CT molecular complexity index is 503. The molecule has 0 bridgehead atoms.